The third-order valence-electron chi connectivity index (χ3n) is 6.65. The molecule has 0 saturated carbocycles. The first-order chi connectivity index (χ1) is 17.1. The molecule has 2 aliphatic rings. The standard InChI is InChI=1S/C24H29N3O2.C2HF3O2/c28-22(10-8-20-5-2-1-3-6-20)26-15-12-24(13-16-26)18-27(19-24)23(29)11-9-21-7-4-14-25-17-21;3-2(4,5)1(6)7/h1-7,14,17H,8-13,15-16,18-19H2;(H,6,7). The molecule has 2 amide bonds. The Kier molecular flexibility index (Phi) is 9.06. The number of carbonyl (C=O) groups excluding carboxylic acids is 2. The molecule has 4 rings (SSSR count). The quantitative estimate of drug-likeness (QED) is 0.646. The number of aryl methyl sites for hydroxylation is 2. The highest BCUT2D eigenvalue weighted by atomic mass is 19.4. The van der Waals surface area contributed by atoms with Crippen LogP contribution in [0, 0.1) is 5.41 Å². The second kappa shape index (κ2) is 12.0. The first-order valence-corrected chi connectivity index (χ1v) is 11.9. The highest BCUT2D eigenvalue weighted by Gasteiger charge is 2.46. The molecule has 3 heterocycles. The SMILES string of the molecule is O=C(CCc1ccccc1)N1CCC2(CC1)CN(C(=O)CCc1cccnc1)C2.O=C(O)C(F)(F)F. The smallest absolute Gasteiger partial charge is 0.475 e. The van der Waals surface area contributed by atoms with Gasteiger partial charge >= 0.3 is 12.1 Å². The number of alkyl halides is 3. The number of amides is 2. The van der Waals surface area contributed by atoms with Crippen LogP contribution in [0.5, 0.6) is 0 Å². The molecule has 1 N–H and O–H groups in total. The second-order valence-electron chi connectivity index (χ2n) is 9.28. The summed E-state index contributed by atoms with van der Waals surface area (Å²) in [6, 6.07) is 14.1. The Labute approximate surface area is 207 Å². The van der Waals surface area contributed by atoms with Crippen LogP contribution in [0.15, 0.2) is 54.9 Å². The lowest BCUT2D eigenvalue weighted by atomic mass is 9.71. The summed E-state index contributed by atoms with van der Waals surface area (Å²) in [5.41, 5.74) is 2.56. The molecule has 194 valence electrons. The van der Waals surface area contributed by atoms with Gasteiger partial charge in [0, 0.05) is 56.8 Å². The molecule has 0 unspecified atom stereocenters. The number of aromatic nitrogens is 1. The van der Waals surface area contributed by atoms with E-state index in [0.29, 0.717) is 12.8 Å². The monoisotopic (exact) mass is 505 g/mol. The molecule has 0 aliphatic carbocycles. The molecule has 0 radical (unpaired) electrons. The second-order valence-corrected chi connectivity index (χ2v) is 9.28. The van der Waals surface area contributed by atoms with Crippen molar-refractivity contribution in [1.82, 2.24) is 14.8 Å². The van der Waals surface area contributed by atoms with Gasteiger partial charge in [-0.3, -0.25) is 14.6 Å². The Balaban J connectivity index is 0.000000454. The van der Waals surface area contributed by atoms with Crippen molar-refractivity contribution in [2.45, 2.75) is 44.7 Å². The zero-order valence-corrected chi connectivity index (χ0v) is 19.9. The highest BCUT2D eigenvalue weighted by Crippen LogP contribution is 2.40. The minimum Gasteiger partial charge on any atom is -0.475 e. The van der Waals surface area contributed by atoms with Crippen molar-refractivity contribution in [3.8, 4) is 0 Å². The van der Waals surface area contributed by atoms with Crippen molar-refractivity contribution in [2.24, 2.45) is 5.41 Å². The molecule has 1 aromatic heterocycles. The third kappa shape index (κ3) is 7.79. The number of aliphatic carboxylic acids is 1. The van der Waals surface area contributed by atoms with Crippen LogP contribution in [0.25, 0.3) is 0 Å². The van der Waals surface area contributed by atoms with Gasteiger partial charge < -0.3 is 14.9 Å². The number of piperidine rings is 1. The van der Waals surface area contributed by atoms with Gasteiger partial charge in [0.2, 0.25) is 11.8 Å². The fourth-order valence-electron chi connectivity index (χ4n) is 4.50. The fraction of sp³-hybridized carbons (Fsp3) is 0.462. The summed E-state index contributed by atoms with van der Waals surface area (Å²) in [6.45, 7) is 3.35. The molecule has 7 nitrogen and oxygen atoms in total. The van der Waals surface area contributed by atoms with Gasteiger partial charge in [-0.05, 0) is 42.9 Å². The number of nitrogens with zero attached hydrogens (tertiary/aromatic N) is 3. The van der Waals surface area contributed by atoms with Crippen LogP contribution >= 0.6 is 0 Å². The summed E-state index contributed by atoms with van der Waals surface area (Å²) in [5.74, 6) is -2.26. The summed E-state index contributed by atoms with van der Waals surface area (Å²) in [7, 11) is 0. The Morgan fingerprint density at radius 3 is 1.92 bits per heavy atom. The first-order valence-electron chi connectivity index (χ1n) is 11.9. The van der Waals surface area contributed by atoms with Crippen LogP contribution in [-0.4, -0.2) is 70.0 Å². The number of rotatable bonds is 6. The predicted molar refractivity (Wildman–Crippen MR) is 126 cm³/mol. The highest BCUT2D eigenvalue weighted by molar-refractivity contribution is 5.78. The maximum atomic E-state index is 12.5. The zero-order chi connectivity index (χ0) is 26.2. The van der Waals surface area contributed by atoms with Gasteiger partial charge in [-0.2, -0.15) is 13.2 Å². The molecule has 2 aliphatic heterocycles. The van der Waals surface area contributed by atoms with E-state index in [0.717, 1.165) is 57.4 Å². The molecule has 10 heteroatoms. The number of carbonyl (C=O) groups is 3. The molecule has 2 fully saturated rings. The predicted octanol–water partition coefficient (Wildman–Crippen LogP) is 3.73. The number of benzene rings is 1. The van der Waals surface area contributed by atoms with Gasteiger partial charge in [-0.15, -0.1) is 0 Å². The molecule has 1 spiro atoms. The van der Waals surface area contributed by atoms with Crippen molar-refractivity contribution in [1.29, 1.82) is 0 Å². The van der Waals surface area contributed by atoms with Crippen LogP contribution in [0.2, 0.25) is 0 Å². The summed E-state index contributed by atoms with van der Waals surface area (Å²) < 4.78 is 31.7. The van der Waals surface area contributed by atoms with E-state index in [4.69, 9.17) is 9.90 Å². The van der Waals surface area contributed by atoms with Gasteiger partial charge in [0.05, 0.1) is 0 Å². The van der Waals surface area contributed by atoms with Crippen molar-refractivity contribution in [3.63, 3.8) is 0 Å². The number of pyridine rings is 1. The average molecular weight is 506 g/mol. The van der Waals surface area contributed by atoms with Gasteiger partial charge in [0.25, 0.3) is 0 Å². The van der Waals surface area contributed by atoms with Crippen molar-refractivity contribution < 1.29 is 32.7 Å². The van der Waals surface area contributed by atoms with E-state index in [-0.39, 0.29) is 17.2 Å². The van der Waals surface area contributed by atoms with Crippen LogP contribution in [-0.2, 0) is 27.2 Å². The molecule has 2 aromatic rings. The maximum Gasteiger partial charge on any atom is 0.490 e. The van der Waals surface area contributed by atoms with E-state index in [9.17, 15) is 22.8 Å². The molecule has 1 aromatic carbocycles. The summed E-state index contributed by atoms with van der Waals surface area (Å²) in [4.78, 5) is 42.0. The summed E-state index contributed by atoms with van der Waals surface area (Å²) >= 11 is 0. The molecule has 0 bridgehead atoms. The van der Waals surface area contributed by atoms with E-state index < -0.39 is 12.1 Å². The lowest BCUT2D eigenvalue weighted by Crippen LogP contribution is -2.62. The number of hydrogen-bond acceptors (Lipinski definition) is 4. The Morgan fingerprint density at radius 1 is 0.861 bits per heavy atom. The average Bonchev–Trinajstić information content (AvgIpc) is 2.85. The minimum absolute atomic E-state index is 0.236. The van der Waals surface area contributed by atoms with Gasteiger partial charge in [-0.1, -0.05) is 36.4 Å². The normalized spacial score (nSPS) is 16.5. The first kappa shape index (κ1) is 27.2. The van der Waals surface area contributed by atoms with Crippen LogP contribution in [0.1, 0.15) is 36.8 Å². The topological polar surface area (TPSA) is 90.8 Å². The zero-order valence-electron chi connectivity index (χ0n) is 19.9. The Bertz CT molecular complexity index is 1020. The van der Waals surface area contributed by atoms with Gasteiger partial charge in [0.15, 0.2) is 0 Å². The van der Waals surface area contributed by atoms with E-state index in [1.165, 1.54) is 5.56 Å². The number of carboxylic acids is 1. The van der Waals surface area contributed by atoms with E-state index in [1.807, 2.05) is 46.3 Å². The maximum absolute atomic E-state index is 12.5. The molecule has 0 atom stereocenters. The van der Waals surface area contributed by atoms with Crippen LogP contribution in [0.4, 0.5) is 13.2 Å². The van der Waals surface area contributed by atoms with Crippen molar-refractivity contribution in [2.75, 3.05) is 26.2 Å². The fourth-order valence-corrected chi connectivity index (χ4v) is 4.50. The summed E-state index contributed by atoms with van der Waals surface area (Å²) in [6.07, 6.45) is 3.20. The van der Waals surface area contributed by atoms with Crippen LogP contribution < -0.4 is 0 Å². The minimum atomic E-state index is -5.08. The van der Waals surface area contributed by atoms with E-state index >= 15 is 0 Å². The van der Waals surface area contributed by atoms with Gasteiger partial charge in [-0.25, -0.2) is 4.79 Å². The number of halogens is 3. The van der Waals surface area contributed by atoms with Gasteiger partial charge in [0.1, 0.15) is 0 Å². The Morgan fingerprint density at radius 2 is 1.39 bits per heavy atom. The van der Waals surface area contributed by atoms with Crippen molar-refractivity contribution >= 4 is 17.8 Å². The van der Waals surface area contributed by atoms with E-state index in [1.54, 1.807) is 6.20 Å². The number of hydrogen-bond donors (Lipinski definition) is 1. The molecular formula is C26H30F3N3O4. The lowest BCUT2D eigenvalue weighted by molar-refractivity contribution is -0.192. The summed E-state index contributed by atoms with van der Waals surface area (Å²) in [5, 5.41) is 7.12. The lowest BCUT2D eigenvalue weighted by Gasteiger charge is -2.54. The third-order valence-corrected chi connectivity index (χ3v) is 6.65. The van der Waals surface area contributed by atoms with Crippen molar-refractivity contribution in [3.05, 3.63) is 66.0 Å². The largest absolute Gasteiger partial charge is 0.490 e. The van der Waals surface area contributed by atoms with E-state index in [2.05, 4.69) is 17.1 Å². The number of carboxylic acid groups (broad SMARTS) is 1. The van der Waals surface area contributed by atoms with Crippen LogP contribution in [0.3, 0.4) is 0 Å². The number of likely N-dealkylation sites (tertiary alicyclic amines) is 2. The molecule has 2 saturated heterocycles. The molecule has 36 heavy (non-hydrogen) atoms. The molecular weight excluding hydrogens is 475 g/mol. The Hall–Kier alpha value is -3.43.